The van der Waals surface area contributed by atoms with Gasteiger partial charge < -0.3 is 4.90 Å². The number of anilines is 1. The highest BCUT2D eigenvalue weighted by Gasteiger charge is 2.25. The molecule has 0 bridgehead atoms. The van der Waals surface area contributed by atoms with Gasteiger partial charge >= 0.3 is 0 Å². The molecule has 2 aromatic rings. The number of nitrogens with one attached hydrogen (secondary N) is 1. The number of rotatable bonds is 3. The molecule has 0 unspecified atom stereocenters. The molecule has 122 valence electrons. The molecule has 1 aromatic heterocycles. The number of carbonyl (C=O) groups excluding carboxylic acids is 1. The lowest BCUT2D eigenvalue weighted by Crippen LogP contribution is -2.33. The predicted molar refractivity (Wildman–Crippen MR) is 91.4 cm³/mol. The zero-order valence-electron chi connectivity index (χ0n) is 12.4. The average molecular weight is 371 g/mol. The highest BCUT2D eigenvalue weighted by molar-refractivity contribution is 7.94. The molecule has 5 nitrogen and oxygen atoms in total. The molecule has 1 aromatic carbocycles. The van der Waals surface area contributed by atoms with Gasteiger partial charge in [0.1, 0.15) is 4.21 Å². The van der Waals surface area contributed by atoms with E-state index in [9.17, 15) is 13.2 Å². The van der Waals surface area contributed by atoms with Gasteiger partial charge in [0.15, 0.2) is 0 Å². The molecule has 8 heteroatoms. The van der Waals surface area contributed by atoms with Gasteiger partial charge in [-0.05, 0) is 36.2 Å². The highest BCUT2D eigenvalue weighted by Crippen LogP contribution is 2.32. The summed E-state index contributed by atoms with van der Waals surface area (Å²) in [5.41, 5.74) is 1.33. The molecule has 2 heterocycles. The Kier molecular flexibility index (Phi) is 4.35. The Morgan fingerprint density at radius 2 is 2.13 bits per heavy atom. The van der Waals surface area contributed by atoms with Gasteiger partial charge in [-0.25, -0.2) is 8.42 Å². The van der Waals surface area contributed by atoms with Crippen LogP contribution in [0.5, 0.6) is 0 Å². The third-order valence-corrected chi connectivity index (χ3v) is 6.96. The second-order valence-corrected chi connectivity index (χ2v) is 8.80. The van der Waals surface area contributed by atoms with E-state index in [1.165, 1.54) is 18.3 Å². The van der Waals surface area contributed by atoms with E-state index in [2.05, 4.69) is 4.72 Å². The molecule has 1 aliphatic heterocycles. The largest absolute Gasteiger partial charge is 0.338 e. The SMILES string of the molecule is CC(=O)N1CCc2sc(S(=O)(=O)Nc3cccc(Cl)c3)cc2C1. The van der Waals surface area contributed by atoms with Crippen molar-refractivity contribution < 1.29 is 13.2 Å². The molecule has 1 aliphatic rings. The number of benzene rings is 1. The van der Waals surface area contributed by atoms with Gasteiger partial charge in [0.25, 0.3) is 10.0 Å². The third kappa shape index (κ3) is 3.52. The van der Waals surface area contributed by atoms with Crippen molar-refractivity contribution in [1.29, 1.82) is 0 Å². The van der Waals surface area contributed by atoms with Gasteiger partial charge in [0.05, 0.1) is 5.69 Å². The second kappa shape index (κ2) is 6.14. The molecule has 0 saturated heterocycles. The molecule has 0 atom stereocenters. The van der Waals surface area contributed by atoms with Crippen molar-refractivity contribution in [2.24, 2.45) is 0 Å². The Morgan fingerprint density at radius 1 is 1.35 bits per heavy atom. The fourth-order valence-corrected chi connectivity index (χ4v) is 5.25. The standard InChI is InChI=1S/C15H15ClN2O3S2/c1-10(19)18-6-5-14-11(9-18)7-15(22-14)23(20,21)17-13-4-2-3-12(16)8-13/h2-4,7-8,17H,5-6,9H2,1H3. The maximum absolute atomic E-state index is 12.5. The van der Waals surface area contributed by atoms with Crippen LogP contribution in [-0.4, -0.2) is 25.8 Å². The van der Waals surface area contributed by atoms with Crippen molar-refractivity contribution in [2.45, 2.75) is 24.1 Å². The highest BCUT2D eigenvalue weighted by atomic mass is 35.5. The minimum absolute atomic E-state index is 0.00306. The van der Waals surface area contributed by atoms with Gasteiger partial charge in [-0.3, -0.25) is 9.52 Å². The molecule has 23 heavy (non-hydrogen) atoms. The number of fused-ring (bicyclic) bond motifs is 1. The van der Waals surface area contributed by atoms with Gasteiger partial charge in [-0.2, -0.15) is 0 Å². The van der Waals surface area contributed by atoms with Crippen molar-refractivity contribution >= 4 is 44.6 Å². The lowest BCUT2D eigenvalue weighted by Gasteiger charge is -2.25. The van der Waals surface area contributed by atoms with Crippen molar-refractivity contribution in [3.8, 4) is 0 Å². The number of thiophene rings is 1. The summed E-state index contributed by atoms with van der Waals surface area (Å²) in [5, 5.41) is 0.466. The fourth-order valence-electron chi connectivity index (χ4n) is 2.46. The number of hydrogen-bond acceptors (Lipinski definition) is 4. The van der Waals surface area contributed by atoms with Gasteiger partial charge in [-0.15, -0.1) is 11.3 Å². The summed E-state index contributed by atoms with van der Waals surface area (Å²) in [6, 6.07) is 8.23. The maximum atomic E-state index is 12.5. The monoisotopic (exact) mass is 370 g/mol. The zero-order valence-corrected chi connectivity index (χ0v) is 14.8. The van der Waals surface area contributed by atoms with E-state index in [0.29, 0.717) is 30.2 Å². The lowest BCUT2D eigenvalue weighted by molar-refractivity contribution is -0.129. The topological polar surface area (TPSA) is 66.5 Å². The summed E-state index contributed by atoms with van der Waals surface area (Å²) < 4.78 is 27.8. The summed E-state index contributed by atoms with van der Waals surface area (Å²) >= 11 is 7.14. The van der Waals surface area contributed by atoms with Crippen LogP contribution in [0.4, 0.5) is 5.69 Å². The van der Waals surface area contributed by atoms with Crippen molar-refractivity contribution in [1.82, 2.24) is 4.90 Å². The Bertz CT molecular complexity index is 861. The van der Waals surface area contributed by atoms with Crippen LogP contribution < -0.4 is 4.72 Å². The minimum Gasteiger partial charge on any atom is -0.338 e. The zero-order chi connectivity index (χ0) is 16.6. The first kappa shape index (κ1) is 16.3. The molecule has 1 amide bonds. The van der Waals surface area contributed by atoms with Crippen LogP contribution in [-0.2, 0) is 27.8 Å². The first-order valence-corrected chi connectivity index (χ1v) is 9.68. The summed E-state index contributed by atoms with van der Waals surface area (Å²) in [6.07, 6.45) is 0.687. The van der Waals surface area contributed by atoms with Gasteiger partial charge in [0, 0.05) is 29.9 Å². The molecule has 0 fully saturated rings. The minimum atomic E-state index is -3.66. The van der Waals surface area contributed by atoms with Gasteiger partial charge in [0.2, 0.25) is 5.91 Å². The number of amides is 1. The molecule has 0 aliphatic carbocycles. The van der Waals surface area contributed by atoms with Crippen LogP contribution in [0.15, 0.2) is 34.5 Å². The summed E-state index contributed by atoms with van der Waals surface area (Å²) in [5.74, 6) is 0.00306. The van der Waals surface area contributed by atoms with E-state index in [1.54, 1.807) is 35.2 Å². The number of sulfonamides is 1. The maximum Gasteiger partial charge on any atom is 0.271 e. The van der Waals surface area contributed by atoms with E-state index in [0.717, 1.165) is 10.4 Å². The number of nitrogens with zero attached hydrogens (tertiary/aromatic N) is 1. The normalized spacial score (nSPS) is 14.4. The number of halogens is 1. The molecule has 1 N–H and O–H groups in total. The fraction of sp³-hybridized carbons (Fsp3) is 0.267. The summed E-state index contributed by atoms with van der Waals surface area (Å²) in [7, 11) is -3.66. The Morgan fingerprint density at radius 3 is 2.83 bits per heavy atom. The van der Waals surface area contributed by atoms with Crippen molar-refractivity contribution in [3.05, 3.63) is 45.8 Å². The van der Waals surface area contributed by atoms with E-state index >= 15 is 0 Å². The smallest absolute Gasteiger partial charge is 0.271 e. The van der Waals surface area contributed by atoms with Crippen LogP contribution in [0.2, 0.25) is 5.02 Å². The third-order valence-electron chi connectivity index (χ3n) is 3.63. The summed E-state index contributed by atoms with van der Waals surface area (Å²) in [6.45, 7) is 2.62. The average Bonchev–Trinajstić information content (AvgIpc) is 2.90. The molecule has 0 radical (unpaired) electrons. The Labute approximate surface area is 143 Å². The van der Waals surface area contributed by atoms with Crippen molar-refractivity contribution in [2.75, 3.05) is 11.3 Å². The second-order valence-electron chi connectivity index (χ2n) is 5.32. The first-order chi connectivity index (χ1) is 10.8. The van der Waals surface area contributed by atoms with Crippen LogP contribution >= 0.6 is 22.9 Å². The predicted octanol–water partition coefficient (Wildman–Crippen LogP) is 3.11. The molecule has 0 saturated carbocycles. The van der Waals surface area contributed by atoms with Crippen LogP contribution in [0.3, 0.4) is 0 Å². The van der Waals surface area contributed by atoms with E-state index in [4.69, 9.17) is 11.6 Å². The Balaban J connectivity index is 1.86. The van der Waals surface area contributed by atoms with E-state index in [1.807, 2.05) is 0 Å². The van der Waals surface area contributed by atoms with Gasteiger partial charge in [-0.1, -0.05) is 17.7 Å². The molecule has 3 rings (SSSR count). The molecular weight excluding hydrogens is 356 g/mol. The first-order valence-electron chi connectivity index (χ1n) is 7.00. The van der Waals surface area contributed by atoms with Crippen molar-refractivity contribution in [3.63, 3.8) is 0 Å². The lowest BCUT2D eigenvalue weighted by atomic mass is 10.1. The van der Waals surface area contributed by atoms with E-state index < -0.39 is 10.0 Å². The van der Waals surface area contributed by atoms with Crippen LogP contribution in [0.25, 0.3) is 0 Å². The quantitative estimate of drug-likeness (QED) is 0.902. The number of carbonyl (C=O) groups is 1. The summed E-state index contributed by atoms with van der Waals surface area (Å²) in [4.78, 5) is 14.2. The Hall–Kier alpha value is -1.57. The van der Waals surface area contributed by atoms with Crippen LogP contribution in [0, 0.1) is 0 Å². The van der Waals surface area contributed by atoms with E-state index in [-0.39, 0.29) is 10.1 Å². The molecule has 0 spiro atoms. The number of hydrogen-bond donors (Lipinski definition) is 1. The van der Waals surface area contributed by atoms with Crippen LogP contribution in [0.1, 0.15) is 17.4 Å². The molecular formula is C15H15ClN2O3S2.